The molecule has 0 radical (unpaired) electrons. The highest BCUT2D eigenvalue weighted by Gasteiger charge is 2.32. The topological polar surface area (TPSA) is 49.3 Å². The maximum atomic E-state index is 12.2. The van der Waals surface area contributed by atoms with Gasteiger partial charge in [0, 0.05) is 11.3 Å². The van der Waals surface area contributed by atoms with Gasteiger partial charge in [-0.05, 0) is 42.7 Å². The van der Waals surface area contributed by atoms with E-state index in [4.69, 9.17) is 0 Å². The molecule has 0 bridgehead atoms. The summed E-state index contributed by atoms with van der Waals surface area (Å²) >= 11 is 0. The fraction of sp³-hybridized carbons (Fsp3) is 0.278. The van der Waals surface area contributed by atoms with Crippen LogP contribution >= 0.6 is 0 Å². The van der Waals surface area contributed by atoms with Crippen LogP contribution in [0.3, 0.4) is 0 Å². The molecule has 2 N–H and O–H groups in total. The second-order valence-corrected chi connectivity index (χ2v) is 5.64. The lowest BCUT2D eigenvalue weighted by atomic mass is 9.92. The highest BCUT2D eigenvalue weighted by Crippen LogP contribution is 2.39. The molecule has 3 nitrogen and oxygen atoms in total. The Bertz CT molecular complexity index is 631. The largest absolute Gasteiger partial charge is 0.385 e. The lowest BCUT2D eigenvalue weighted by Crippen LogP contribution is -2.21. The molecule has 1 fully saturated rings. The van der Waals surface area contributed by atoms with E-state index in [1.165, 1.54) is 0 Å². The van der Waals surface area contributed by atoms with Crippen molar-refractivity contribution in [2.45, 2.75) is 31.3 Å². The first-order valence-corrected chi connectivity index (χ1v) is 7.37. The van der Waals surface area contributed by atoms with Crippen LogP contribution in [-0.2, 0) is 5.60 Å². The Kier molecular flexibility index (Phi) is 3.76. The Balaban J connectivity index is 1.79. The third-order valence-electron chi connectivity index (χ3n) is 4.12. The Hall–Kier alpha value is -2.13. The van der Waals surface area contributed by atoms with Crippen LogP contribution in [-0.4, -0.2) is 11.0 Å². The molecule has 0 heterocycles. The molecule has 1 amide bonds. The molecule has 0 atom stereocenters. The lowest BCUT2D eigenvalue weighted by molar-refractivity contribution is 0.0445. The van der Waals surface area contributed by atoms with E-state index in [0.29, 0.717) is 5.56 Å². The number of hydrogen-bond acceptors (Lipinski definition) is 2. The molecular weight excluding hydrogens is 262 g/mol. The van der Waals surface area contributed by atoms with Crippen molar-refractivity contribution in [1.29, 1.82) is 0 Å². The van der Waals surface area contributed by atoms with E-state index in [0.717, 1.165) is 36.9 Å². The van der Waals surface area contributed by atoms with E-state index in [1.807, 2.05) is 42.5 Å². The molecule has 108 valence electrons. The second kappa shape index (κ2) is 5.70. The molecule has 1 aliphatic carbocycles. The van der Waals surface area contributed by atoms with Crippen LogP contribution in [0.2, 0.25) is 0 Å². The monoisotopic (exact) mass is 281 g/mol. The number of hydrogen-bond donors (Lipinski definition) is 2. The van der Waals surface area contributed by atoms with Gasteiger partial charge in [-0.2, -0.15) is 0 Å². The molecule has 21 heavy (non-hydrogen) atoms. The Labute approximate surface area is 124 Å². The number of nitrogens with one attached hydrogen (secondary N) is 1. The number of carbonyl (C=O) groups is 1. The van der Waals surface area contributed by atoms with Crippen molar-refractivity contribution < 1.29 is 9.90 Å². The van der Waals surface area contributed by atoms with Crippen molar-refractivity contribution in [2.24, 2.45) is 0 Å². The zero-order chi connectivity index (χ0) is 14.7. The summed E-state index contributed by atoms with van der Waals surface area (Å²) in [5.74, 6) is -0.133. The summed E-state index contributed by atoms with van der Waals surface area (Å²) in [7, 11) is 0. The van der Waals surface area contributed by atoms with E-state index in [2.05, 4.69) is 5.32 Å². The molecule has 0 saturated heterocycles. The van der Waals surface area contributed by atoms with E-state index in [1.54, 1.807) is 12.1 Å². The van der Waals surface area contributed by atoms with Gasteiger partial charge < -0.3 is 10.4 Å². The molecule has 1 aliphatic rings. The van der Waals surface area contributed by atoms with Gasteiger partial charge in [0.2, 0.25) is 0 Å². The van der Waals surface area contributed by atoms with Crippen molar-refractivity contribution in [3.63, 3.8) is 0 Å². The average Bonchev–Trinajstić information content (AvgIpc) is 2.97. The van der Waals surface area contributed by atoms with Gasteiger partial charge in [-0.3, -0.25) is 4.79 Å². The van der Waals surface area contributed by atoms with Gasteiger partial charge in [0.25, 0.3) is 5.91 Å². The molecule has 3 heteroatoms. The predicted molar refractivity (Wildman–Crippen MR) is 83.2 cm³/mol. The van der Waals surface area contributed by atoms with E-state index >= 15 is 0 Å². The summed E-state index contributed by atoms with van der Waals surface area (Å²) in [6.07, 6.45) is 3.69. The van der Waals surface area contributed by atoms with Crippen LogP contribution in [0.1, 0.15) is 41.6 Å². The van der Waals surface area contributed by atoms with E-state index in [9.17, 15) is 9.90 Å². The lowest BCUT2D eigenvalue weighted by Gasteiger charge is -2.23. The van der Waals surface area contributed by atoms with Gasteiger partial charge in [-0.1, -0.05) is 43.2 Å². The molecule has 2 aromatic rings. The summed E-state index contributed by atoms with van der Waals surface area (Å²) in [5.41, 5.74) is 1.52. The number of benzene rings is 2. The van der Waals surface area contributed by atoms with Gasteiger partial charge in [0.1, 0.15) is 0 Å². The smallest absolute Gasteiger partial charge is 0.255 e. The number of carbonyl (C=O) groups excluding carboxylic acids is 1. The molecule has 2 aromatic carbocycles. The number of aliphatic hydroxyl groups is 1. The molecule has 0 aliphatic heterocycles. The molecule has 0 spiro atoms. The standard InChI is InChI=1S/C18H19NO2/c20-17(14-7-2-1-3-8-14)19-16-10-6-9-15(13-16)18(21)11-4-5-12-18/h1-3,6-10,13,21H,4-5,11-12H2,(H,19,20). The summed E-state index contributed by atoms with van der Waals surface area (Å²) in [6.45, 7) is 0. The van der Waals surface area contributed by atoms with Crippen molar-refractivity contribution >= 4 is 11.6 Å². The van der Waals surface area contributed by atoms with Crippen LogP contribution in [0.5, 0.6) is 0 Å². The summed E-state index contributed by atoms with van der Waals surface area (Å²) in [6, 6.07) is 16.7. The Morgan fingerprint density at radius 1 is 1.00 bits per heavy atom. The minimum atomic E-state index is -0.729. The first-order chi connectivity index (χ1) is 10.2. The minimum absolute atomic E-state index is 0.133. The van der Waals surface area contributed by atoms with Crippen molar-refractivity contribution in [1.82, 2.24) is 0 Å². The fourth-order valence-corrected chi connectivity index (χ4v) is 2.93. The average molecular weight is 281 g/mol. The second-order valence-electron chi connectivity index (χ2n) is 5.64. The first-order valence-electron chi connectivity index (χ1n) is 7.37. The quantitative estimate of drug-likeness (QED) is 0.901. The third-order valence-corrected chi connectivity index (χ3v) is 4.12. The van der Waals surface area contributed by atoms with Gasteiger partial charge in [0.15, 0.2) is 0 Å². The van der Waals surface area contributed by atoms with Crippen molar-refractivity contribution in [2.75, 3.05) is 5.32 Å². The number of anilines is 1. The summed E-state index contributed by atoms with van der Waals surface area (Å²) < 4.78 is 0. The minimum Gasteiger partial charge on any atom is -0.385 e. The molecule has 1 saturated carbocycles. The fourth-order valence-electron chi connectivity index (χ4n) is 2.93. The SMILES string of the molecule is O=C(Nc1cccc(C2(O)CCCC2)c1)c1ccccc1. The van der Waals surface area contributed by atoms with Gasteiger partial charge in [0.05, 0.1) is 5.60 Å². The normalized spacial score (nSPS) is 16.6. The molecular formula is C18H19NO2. The van der Waals surface area contributed by atoms with Gasteiger partial charge >= 0.3 is 0 Å². The zero-order valence-electron chi connectivity index (χ0n) is 11.9. The van der Waals surface area contributed by atoms with Crippen LogP contribution in [0.25, 0.3) is 0 Å². The van der Waals surface area contributed by atoms with Crippen LogP contribution in [0.15, 0.2) is 54.6 Å². The van der Waals surface area contributed by atoms with Crippen LogP contribution < -0.4 is 5.32 Å². The predicted octanol–water partition coefficient (Wildman–Crippen LogP) is 3.70. The molecule has 3 rings (SSSR count). The van der Waals surface area contributed by atoms with Crippen molar-refractivity contribution in [3.8, 4) is 0 Å². The Morgan fingerprint density at radius 2 is 1.71 bits per heavy atom. The molecule has 0 aromatic heterocycles. The van der Waals surface area contributed by atoms with Gasteiger partial charge in [-0.15, -0.1) is 0 Å². The maximum Gasteiger partial charge on any atom is 0.255 e. The van der Waals surface area contributed by atoms with Gasteiger partial charge in [-0.25, -0.2) is 0 Å². The van der Waals surface area contributed by atoms with Crippen LogP contribution in [0.4, 0.5) is 5.69 Å². The van der Waals surface area contributed by atoms with E-state index in [-0.39, 0.29) is 5.91 Å². The van der Waals surface area contributed by atoms with Crippen molar-refractivity contribution in [3.05, 3.63) is 65.7 Å². The van der Waals surface area contributed by atoms with E-state index < -0.39 is 5.60 Å². The highest BCUT2D eigenvalue weighted by molar-refractivity contribution is 6.04. The van der Waals surface area contributed by atoms with Crippen LogP contribution in [0, 0.1) is 0 Å². The number of amides is 1. The summed E-state index contributed by atoms with van der Waals surface area (Å²) in [5, 5.41) is 13.5. The summed E-state index contributed by atoms with van der Waals surface area (Å²) in [4.78, 5) is 12.2. The maximum absolute atomic E-state index is 12.2. The Morgan fingerprint density at radius 3 is 2.43 bits per heavy atom. The highest BCUT2D eigenvalue weighted by atomic mass is 16.3. The zero-order valence-corrected chi connectivity index (χ0v) is 11.9. The number of rotatable bonds is 3. The third kappa shape index (κ3) is 2.98. The molecule has 0 unspecified atom stereocenters. The first kappa shape index (κ1) is 13.8.